The van der Waals surface area contributed by atoms with Gasteiger partial charge in [-0.25, -0.2) is 18.2 Å². The van der Waals surface area contributed by atoms with Crippen molar-refractivity contribution in [1.82, 2.24) is 5.43 Å². The second-order valence-corrected chi connectivity index (χ2v) is 7.80. The molecule has 2 aromatic carbocycles. The van der Waals surface area contributed by atoms with E-state index in [1.54, 1.807) is 31.2 Å². The van der Waals surface area contributed by atoms with Crippen LogP contribution in [0, 0.1) is 12.7 Å². The highest BCUT2D eigenvalue weighted by atomic mass is 35.5. The summed E-state index contributed by atoms with van der Waals surface area (Å²) in [6.45, 7) is 1.27. The third-order valence-corrected chi connectivity index (χ3v) is 4.91. The number of para-hydroxylation sites is 1. The van der Waals surface area contributed by atoms with Crippen molar-refractivity contribution < 1.29 is 17.6 Å². The summed E-state index contributed by atoms with van der Waals surface area (Å²) < 4.78 is 38.7. The van der Waals surface area contributed by atoms with E-state index in [1.807, 2.05) is 0 Å². The minimum atomic E-state index is -3.69. The maximum atomic E-state index is 13.6. The van der Waals surface area contributed by atoms with Crippen LogP contribution in [0.25, 0.3) is 0 Å². The summed E-state index contributed by atoms with van der Waals surface area (Å²) >= 11 is 5.85. The first-order valence-electron chi connectivity index (χ1n) is 7.49. The molecule has 2 aromatic rings. The standard InChI is InChI=1S/C17H17ClFN3O3S/c1-12-6-3-4-9-16(12)22(26(2,24)25)11-17(23)21-20-10-13-14(18)7-5-8-15(13)19/h3-10H,11H2,1-2H3,(H,21,23)/b20-10-. The molecule has 0 aliphatic carbocycles. The second-order valence-electron chi connectivity index (χ2n) is 5.48. The number of rotatable bonds is 6. The molecular formula is C17H17ClFN3O3S. The average Bonchev–Trinajstić information content (AvgIpc) is 2.55. The molecule has 0 radical (unpaired) electrons. The summed E-state index contributed by atoms with van der Waals surface area (Å²) in [5.41, 5.74) is 3.29. The van der Waals surface area contributed by atoms with Gasteiger partial charge in [0.2, 0.25) is 10.0 Å². The van der Waals surface area contributed by atoms with E-state index in [4.69, 9.17) is 11.6 Å². The number of carbonyl (C=O) groups excluding carboxylic acids is 1. The third kappa shape index (κ3) is 5.03. The fourth-order valence-corrected chi connectivity index (χ4v) is 3.32. The Hall–Kier alpha value is -2.45. The van der Waals surface area contributed by atoms with Gasteiger partial charge in [-0.2, -0.15) is 5.10 Å². The molecule has 9 heteroatoms. The molecule has 0 bridgehead atoms. The molecule has 138 valence electrons. The van der Waals surface area contributed by atoms with Gasteiger partial charge >= 0.3 is 0 Å². The molecule has 0 fully saturated rings. The molecule has 2 rings (SSSR count). The summed E-state index contributed by atoms with van der Waals surface area (Å²) in [5, 5.41) is 3.78. The number of aryl methyl sites for hydroxylation is 1. The first kappa shape index (κ1) is 19.9. The molecule has 0 spiro atoms. The van der Waals surface area contributed by atoms with Gasteiger partial charge in [0.1, 0.15) is 12.4 Å². The van der Waals surface area contributed by atoms with Gasteiger partial charge in [-0.05, 0) is 30.7 Å². The van der Waals surface area contributed by atoms with Crippen LogP contribution in [-0.2, 0) is 14.8 Å². The summed E-state index contributed by atoms with van der Waals surface area (Å²) in [4.78, 5) is 12.1. The van der Waals surface area contributed by atoms with Crippen molar-refractivity contribution in [3.63, 3.8) is 0 Å². The largest absolute Gasteiger partial charge is 0.271 e. The summed E-state index contributed by atoms with van der Waals surface area (Å²) in [7, 11) is -3.69. The highest BCUT2D eigenvalue weighted by Crippen LogP contribution is 2.21. The molecule has 0 aliphatic heterocycles. The zero-order valence-corrected chi connectivity index (χ0v) is 15.7. The normalized spacial score (nSPS) is 11.5. The topological polar surface area (TPSA) is 78.8 Å². The maximum Gasteiger partial charge on any atom is 0.260 e. The van der Waals surface area contributed by atoms with E-state index in [1.165, 1.54) is 18.2 Å². The molecule has 6 nitrogen and oxygen atoms in total. The molecule has 26 heavy (non-hydrogen) atoms. The lowest BCUT2D eigenvalue weighted by Gasteiger charge is -2.23. The summed E-state index contributed by atoms with van der Waals surface area (Å²) in [6.07, 6.45) is 2.07. The first-order valence-corrected chi connectivity index (χ1v) is 9.72. The number of anilines is 1. The zero-order valence-electron chi connectivity index (χ0n) is 14.1. The van der Waals surface area contributed by atoms with Gasteiger partial charge in [0, 0.05) is 5.56 Å². The molecule has 0 saturated heterocycles. The highest BCUT2D eigenvalue weighted by molar-refractivity contribution is 7.92. The van der Waals surface area contributed by atoms with Gasteiger partial charge in [-0.15, -0.1) is 0 Å². The lowest BCUT2D eigenvalue weighted by molar-refractivity contribution is -0.119. The Morgan fingerprint density at radius 1 is 1.27 bits per heavy atom. The van der Waals surface area contributed by atoms with Gasteiger partial charge in [0.25, 0.3) is 5.91 Å². The minimum Gasteiger partial charge on any atom is -0.271 e. The first-order chi connectivity index (χ1) is 12.2. The Morgan fingerprint density at radius 3 is 2.58 bits per heavy atom. The molecule has 0 heterocycles. The third-order valence-electron chi connectivity index (χ3n) is 3.45. The molecular weight excluding hydrogens is 381 g/mol. The maximum absolute atomic E-state index is 13.6. The number of nitrogens with one attached hydrogen (secondary N) is 1. The lowest BCUT2D eigenvalue weighted by atomic mass is 10.2. The Balaban J connectivity index is 2.14. The van der Waals surface area contributed by atoms with Crippen LogP contribution in [0.1, 0.15) is 11.1 Å². The number of hydrazone groups is 1. The van der Waals surface area contributed by atoms with E-state index in [-0.39, 0.29) is 10.6 Å². The number of hydrogen-bond donors (Lipinski definition) is 1. The van der Waals surface area contributed by atoms with Crippen LogP contribution in [0.4, 0.5) is 10.1 Å². The van der Waals surface area contributed by atoms with E-state index < -0.39 is 28.3 Å². The van der Waals surface area contributed by atoms with Crippen molar-refractivity contribution in [2.75, 3.05) is 17.1 Å². The molecule has 0 atom stereocenters. The molecule has 0 aliphatic rings. The number of halogens is 2. The van der Waals surface area contributed by atoms with Crippen LogP contribution < -0.4 is 9.73 Å². The summed E-state index contributed by atoms with van der Waals surface area (Å²) in [6, 6.07) is 10.9. The van der Waals surface area contributed by atoms with Crippen LogP contribution in [0.2, 0.25) is 5.02 Å². The fourth-order valence-electron chi connectivity index (χ4n) is 2.19. The van der Waals surface area contributed by atoms with E-state index in [9.17, 15) is 17.6 Å². The lowest BCUT2D eigenvalue weighted by Crippen LogP contribution is -2.39. The number of amides is 1. The Morgan fingerprint density at radius 2 is 1.96 bits per heavy atom. The SMILES string of the molecule is Cc1ccccc1N(CC(=O)N/N=C\c1c(F)cccc1Cl)S(C)(=O)=O. The second kappa shape index (κ2) is 8.29. The van der Waals surface area contributed by atoms with E-state index in [2.05, 4.69) is 10.5 Å². The smallest absolute Gasteiger partial charge is 0.260 e. The number of sulfonamides is 1. The molecule has 0 saturated carbocycles. The van der Waals surface area contributed by atoms with Crippen LogP contribution in [0.3, 0.4) is 0 Å². The van der Waals surface area contributed by atoms with Crippen molar-refractivity contribution in [1.29, 1.82) is 0 Å². The van der Waals surface area contributed by atoms with Gasteiger partial charge in [-0.1, -0.05) is 35.9 Å². The van der Waals surface area contributed by atoms with Crippen molar-refractivity contribution in [3.05, 3.63) is 64.4 Å². The fraction of sp³-hybridized carbons (Fsp3) is 0.176. The number of nitrogens with zero attached hydrogens (tertiary/aromatic N) is 2. The number of hydrogen-bond acceptors (Lipinski definition) is 4. The van der Waals surface area contributed by atoms with Crippen LogP contribution in [0.5, 0.6) is 0 Å². The minimum absolute atomic E-state index is 0.0216. The van der Waals surface area contributed by atoms with E-state index >= 15 is 0 Å². The van der Waals surface area contributed by atoms with Crippen molar-refractivity contribution in [2.24, 2.45) is 5.10 Å². The molecule has 1 N–H and O–H groups in total. The average molecular weight is 398 g/mol. The van der Waals surface area contributed by atoms with Gasteiger partial charge in [0.05, 0.1) is 23.2 Å². The highest BCUT2D eigenvalue weighted by Gasteiger charge is 2.21. The number of carbonyl (C=O) groups is 1. The Bertz CT molecular complexity index is 928. The van der Waals surface area contributed by atoms with Crippen molar-refractivity contribution in [3.8, 4) is 0 Å². The zero-order chi connectivity index (χ0) is 19.3. The van der Waals surface area contributed by atoms with Crippen molar-refractivity contribution >= 4 is 39.4 Å². The predicted molar refractivity (Wildman–Crippen MR) is 101 cm³/mol. The van der Waals surface area contributed by atoms with Crippen LogP contribution in [-0.4, -0.2) is 33.3 Å². The monoisotopic (exact) mass is 397 g/mol. The van der Waals surface area contributed by atoms with Gasteiger partial charge in [0.15, 0.2) is 0 Å². The van der Waals surface area contributed by atoms with E-state index in [0.29, 0.717) is 11.3 Å². The quantitative estimate of drug-likeness (QED) is 0.601. The molecule has 1 amide bonds. The van der Waals surface area contributed by atoms with Crippen molar-refractivity contribution in [2.45, 2.75) is 6.92 Å². The number of benzene rings is 2. The Labute approximate surface area is 156 Å². The predicted octanol–water partition coefficient (Wildman–Crippen LogP) is 2.70. The molecule has 0 unspecified atom stereocenters. The molecule has 0 aromatic heterocycles. The van der Waals surface area contributed by atoms with E-state index in [0.717, 1.165) is 16.8 Å². The van der Waals surface area contributed by atoms with Gasteiger partial charge in [-0.3, -0.25) is 9.10 Å². The Kier molecular flexibility index (Phi) is 6.33. The van der Waals surface area contributed by atoms with Crippen LogP contribution in [0.15, 0.2) is 47.6 Å². The van der Waals surface area contributed by atoms with Crippen LogP contribution >= 0.6 is 11.6 Å². The summed E-state index contributed by atoms with van der Waals surface area (Å²) in [5.74, 6) is -1.27. The van der Waals surface area contributed by atoms with Gasteiger partial charge < -0.3 is 0 Å².